The molecule has 0 atom stereocenters. The molecule has 0 unspecified atom stereocenters. The van der Waals surface area contributed by atoms with E-state index in [1.54, 1.807) is 12.1 Å². The van der Waals surface area contributed by atoms with Gasteiger partial charge in [-0.1, -0.05) is 17.2 Å². The number of H-pyrrole nitrogens is 1. The van der Waals surface area contributed by atoms with Crippen molar-refractivity contribution in [1.29, 1.82) is 0 Å². The van der Waals surface area contributed by atoms with E-state index in [1.807, 2.05) is 0 Å². The number of aromatic nitrogens is 3. The molecular formula is C15H8N4O4. The fourth-order valence-corrected chi connectivity index (χ4v) is 2.33. The molecule has 112 valence electrons. The average Bonchev–Trinajstić information content (AvgIpc) is 3.13. The van der Waals surface area contributed by atoms with Crippen LogP contribution >= 0.6 is 0 Å². The first kappa shape index (κ1) is 13.1. The van der Waals surface area contributed by atoms with Gasteiger partial charge in [0, 0.05) is 11.6 Å². The van der Waals surface area contributed by atoms with Crippen LogP contribution in [-0.2, 0) is 4.84 Å². The highest BCUT2D eigenvalue weighted by molar-refractivity contribution is 6.21. The summed E-state index contributed by atoms with van der Waals surface area (Å²) in [6, 6.07) is 7.77. The first-order valence-corrected chi connectivity index (χ1v) is 6.64. The third-order valence-corrected chi connectivity index (χ3v) is 3.46. The predicted molar refractivity (Wildman–Crippen MR) is 76.2 cm³/mol. The minimum atomic E-state index is -0.852. The van der Waals surface area contributed by atoms with E-state index in [4.69, 9.17) is 4.84 Å². The molecule has 0 bridgehead atoms. The molecule has 0 saturated carbocycles. The largest absolute Gasteiger partial charge is 0.365 e. The lowest BCUT2D eigenvalue weighted by Gasteiger charge is -2.12. The standard InChI is InChI=1S/C15H8N4O4/c20-13-10-3-1-2-4-11(10)14(21)19(13)23-15(22)9-5-8-7-17-18-12(8)16-6-9/h1-7H,(H,16,17,18). The predicted octanol–water partition coefficient (Wildman–Crippen LogP) is 1.33. The zero-order chi connectivity index (χ0) is 16.0. The van der Waals surface area contributed by atoms with E-state index in [0.29, 0.717) is 16.1 Å². The van der Waals surface area contributed by atoms with Crippen LogP contribution in [0.1, 0.15) is 31.1 Å². The molecule has 23 heavy (non-hydrogen) atoms. The number of nitrogens with zero attached hydrogens (tertiary/aromatic N) is 3. The number of hydrogen-bond donors (Lipinski definition) is 1. The highest BCUT2D eigenvalue weighted by Gasteiger charge is 2.38. The molecule has 8 nitrogen and oxygen atoms in total. The molecule has 0 radical (unpaired) electrons. The third-order valence-electron chi connectivity index (χ3n) is 3.46. The van der Waals surface area contributed by atoms with Crippen LogP contribution in [0.3, 0.4) is 0 Å². The fourth-order valence-electron chi connectivity index (χ4n) is 2.33. The highest BCUT2D eigenvalue weighted by atomic mass is 16.7. The summed E-state index contributed by atoms with van der Waals surface area (Å²) >= 11 is 0. The second-order valence-electron chi connectivity index (χ2n) is 4.86. The second kappa shape index (κ2) is 4.73. The minimum Gasteiger partial charge on any atom is -0.324 e. The summed E-state index contributed by atoms with van der Waals surface area (Å²) in [6.45, 7) is 0. The maximum atomic E-state index is 12.2. The molecule has 0 aliphatic carbocycles. The Balaban J connectivity index is 1.62. The number of hydrogen-bond acceptors (Lipinski definition) is 6. The first-order valence-electron chi connectivity index (χ1n) is 6.64. The van der Waals surface area contributed by atoms with Gasteiger partial charge >= 0.3 is 5.97 Å². The van der Waals surface area contributed by atoms with Gasteiger partial charge in [-0.15, -0.1) is 0 Å². The maximum absolute atomic E-state index is 12.2. The van der Waals surface area contributed by atoms with Crippen molar-refractivity contribution in [2.24, 2.45) is 0 Å². The molecule has 8 heteroatoms. The van der Waals surface area contributed by atoms with Crippen LogP contribution in [0.2, 0.25) is 0 Å². The SMILES string of the molecule is O=C(ON1C(=O)c2ccccc2C1=O)c1cnc2[nH]ncc2c1. The van der Waals surface area contributed by atoms with Crippen molar-refractivity contribution in [3.05, 3.63) is 59.4 Å². The van der Waals surface area contributed by atoms with Gasteiger partial charge in [-0.2, -0.15) is 5.10 Å². The number of amides is 2. The van der Waals surface area contributed by atoms with Gasteiger partial charge < -0.3 is 4.84 Å². The van der Waals surface area contributed by atoms with Crippen LogP contribution in [0.25, 0.3) is 11.0 Å². The molecule has 2 aromatic heterocycles. The molecule has 3 heterocycles. The third kappa shape index (κ3) is 1.96. The number of benzene rings is 1. The van der Waals surface area contributed by atoms with Gasteiger partial charge in [0.15, 0.2) is 5.65 Å². The summed E-state index contributed by atoms with van der Waals surface area (Å²) in [7, 11) is 0. The lowest BCUT2D eigenvalue weighted by molar-refractivity contribution is -0.0584. The van der Waals surface area contributed by atoms with Crippen molar-refractivity contribution in [2.45, 2.75) is 0 Å². The van der Waals surface area contributed by atoms with E-state index in [9.17, 15) is 14.4 Å². The van der Waals surface area contributed by atoms with Gasteiger partial charge in [0.2, 0.25) is 0 Å². The molecule has 1 aliphatic rings. The van der Waals surface area contributed by atoms with E-state index in [-0.39, 0.29) is 16.7 Å². The zero-order valence-electron chi connectivity index (χ0n) is 11.5. The van der Waals surface area contributed by atoms with Gasteiger partial charge in [-0.25, -0.2) is 9.78 Å². The number of hydroxylamine groups is 2. The van der Waals surface area contributed by atoms with Crippen molar-refractivity contribution in [3.63, 3.8) is 0 Å². The quantitative estimate of drug-likeness (QED) is 0.716. The summed E-state index contributed by atoms with van der Waals surface area (Å²) in [5.74, 6) is -2.19. The summed E-state index contributed by atoms with van der Waals surface area (Å²) in [5, 5.41) is 7.53. The Bertz CT molecular complexity index is 943. The number of fused-ring (bicyclic) bond motifs is 2. The number of nitrogens with one attached hydrogen (secondary N) is 1. The molecule has 1 N–H and O–H groups in total. The number of carbonyl (C=O) groups excluding carboxylic acids is 3. The average molecular weight is 308 g/mol. The lowest BCUT2D eigenvalue weighted by atomic mass is 10.1. The summed E-state index contributed by atoms with van der Waals surface area (Å²) in [4.78, 5) is 45.4. The molecule has 2 amide bonds. The fraction of sp³-hybridized carbons (Fsp3) is 0. The maximum Gasteiger partial charge on any atom is 0.365 e. The van der Waals surface area contributed by atoms with E-state index in [1.165, 1.54) is 30.6 Å². The van der Waals surface area contributed by atoms with Gasteiger partial charge in [0.25, 0.3) is 11.8 Å². The van der Waals surface area contributed by atoms with Gasteiger partial charge in [-0.3, -0.25) is 14.7 Å². The number of carbonyl (C=O) groups is 3. The zero-order valence-corrected chi connectivity index (χ0v) is 11.5. The molecule has 3 aromatic rings. The topological polar surface area (TPSA) is 105 Å². The van der Waals surface area contributed by atoms with Gasteiger partial charge in [0.05, 0.1) is 22.9 Å². The van der Waals surface area contributed by atoms with Crippen LogP contribution in [0.15, 0.2) is 42.7 Å². The number of pyridine rings is 1. The van der Waals surface area contributed by atoms with Crippen molar-refractivity contribution >= 4 is 28.8 Å². The Morgan fingerprint density at radius 2 is 1.78 bits per heavy atom. The Morgan fingerprint density at radius 1 is 1.09 bits per heavy atom. The smallest absolute Gasteiger partial charge is 0.324 e. The molecule has 0 fully saturated rings. The van der Waals surface area contributed by atoms with Crippen molar-refractivity contribution in [2.75, 3.05) is 0 Å². The normalized spacial score (nSPS) is 13.5. The summed E-state index contributed by atoms with van der Waals surface area (Å²) in [5.41, 5.74) is 1.03. The Kier molecular flexibility index (Phi) is 2.70. The Hall–Kier alpha value is -3.55. The van der Waals surface area contributed by atoms with Crippen LogP contribution in [0.5, 0.6) is 0 Å². The van der Waals surface area contributed by atoms with Crippen LogP contribution in [0, 0.1) is 0 Å². The van der Waals surface area contributed by atoms with Crippen LogP contribution in [0.4, 0.5) is 0 Å². The second-order valence-corrected chi connectivity index (χ2v) is 4.86. The molecule has 0 saturated heterocycles. The highest BCUT2D eigenvalue weighted by Crippen LogP contribution is 2.23. The van der Waals surface area contributed by atoms with Crippen LogP contribution in [-0.4, -0.2) is 38.0 Å². The van der Waals surface area contributed by atoms with E-state index in [0.717, 1.165) is 0 Å². The minimum absolute atomic E-state index is 0.107. The molecular weight excluding hydrogens is 300 g/mol. The molecule has 1 aliphatic heterocycles. The van der Waals surface area contributed by atoms with Gasteiger partial charge in [0.1, 0.15) is 0 Å². The van der Waals surface area contributed by atoms with E-state index < -0.39 is 17.8 Å². The van der Waals surface area contributed by atoms with E-state index >= 15 is 0 Å². The number of aromatic amines is 1. The lowest BCUT2D eigenvalue weighted by Crippen LogP contribution is -2.32. The van der Waals surface area contributed by atoms with Crippen molar-refractivity contribution < 1.29 is 19.2 Å². The summed E-state index contributed by atoms with van der Waals surface area (Å²) in [6.07, 6.45) is 2.78. The van der Waals surface area contributed by atoms with Crippen molar-refractivity contribution in [1.82, 2.24) is 20.2 Å². The Morgan fingerprint density at radius 3 is 2.48 bits per heavy atom. The van der Waals surface area contributed by atoms with Crippen LogP contribution < -0.4 is 0 Å². The monoisotopic (exact) mass is 308 g/mol. The Labute approximate surface area is 128 Å². The molecule has 0 spiro atoms. The number of rotatable bonds is 2. The first-order chi connectivity index (χ1) is 11.1. The summed E-state index contributed by atoms with van der Waals surface area (Å²) < 4.78 is 0. The molecule has 1 aromatic carbocycles. The van der Waals surface area contributed by atoms with E-state index in [2.05, 4.69) is 15.2 Å². The molecule has 4 rings (SSSR count). The number of imide groups is 1. The van der Waals surface area contributed by atoms with Gasteiger partial charge in [-0.05, 0) is 18.2 Å². The van der Waals surface area contributed by atoms with Crippen molar-refractivity contribution in [3.8, 4) is 0 Å².